The maximum atomic E-state index is 11.7. The predicted molar refractivity (Wildman–Crippen MR) is 67.6 cm³/mol. The van der Waals surface area contributed by atoms with Gasteiger partial charge >= 0.3 is 5.97 Å². The van der Waals surface area contributed by atoms with E-state index >= 15 is 0 Å². The van der Waals surface area contributed by atoms with Gasteiger partial charge in [-0.05, 0) is 30.5 Å². The van der Waals surface area contributed by atoms with E-state index in [2.05, 4.69) is 4.74 Å². The van der Waals surface area contributed by atoms with E-state index in [-0.39, 0.29) is 5.75 Å². The molecule has 104 valence electrons. The van der Waals surface area contributed by atoms with Crippen molar-refractivity contribution in [3.63, 3.8) is 0 Å². The molecular formula is C12H15NO5S. The van der Waals surface area contributed by atoms with E-state index in [9.17, 15) is 13.2 Å². The Morgan fingerprint density at radius 3 is 2.37 bits per heavy atom. The first-order valence-electron chi connectivity index (χ1n) is 5.73. The highest BCUT2D eigenvalue weighted by atomic mass is 32.2. The average molecular weight is 285 g/mol. The number of carbonyl (C=O) groups excluding carboxylic acids is 1. The van der Waals surface area contributed by atoms with Crippen LogP contribution in [0.5, 0.6) is 0 Å². The van der Waals surface area contributed by atoms with Gasteiger partial charge in [0.25, 0.3) is 10.1 Å². The lowest BCUT2D eigenvalue weighted by molar-refractivity contribution is 0.0600. The number of esters is 1. The molecule has 1 saturated carbocycles. The van der Waals surface area contributed by atoms with Gasteiger partial charge < -0.3 is 10.5 Å². The highest BCUT2D eigenvalue weighted by Crippen LogP contribution is 2.35. The SMILES string of the molecule is COC(=O)c1ccc(CS(=O)(=O)OC2(N)CC2)cc1. The molecule has 2 rings (SSSR count). The Hall–Kier alpha value is -1.44. The number of carbonyl (C=O) groups is 1. The molecule has 0 saturated heterocycles. The van der Waals surface area contributed by atoms with Gasteiger partial charge in [0.05, 0.1) is 12.7 Å². The van der Waals surface area contributed by atoms with E-state index < -0.39 is 21.8 Å². The Morgan fingerprint density at radius 2 is 1.89 bits per heavy atom. The molecule has 0 unspecified atom stereocenters. The standard InChI is InChI=1S/C12H15NO5S/c1-17-11(14)10-4-2-9(3-5-10)8-19(15,16)18-12(13)6-7-12/h2-5H,6-8,13H2,1H3. The molecule has 6 nitrogen and oxygen atoms in total. The third-order valence-electron chi connectivity index (χ3n) is 2.75. The lowest BCUT2D eigenvalue weighted by atomic mass is 10.1. The van der Waals surface area contributed by atoms with Gasteiger partial charge in [-0.15, -0.1) is 0 Å². The normalized spacial score (nSPS) is 16.9. The summed E-state index contributed by atoms with van der Waals surface area (Å²) >= 11 is 0. The number of hydrogen-bond acceptors (Lipinski definition) is 6. The van der Waals surface area contributed by atoms with Crippen molar-refractivity contribution in [1.82, 2.24) is 0 Å². The Morgan fingerprint density at radius 1 is 1.32 bits per heavy atom. The molecule has 0 radical (unpaired) electrons. The average Bonchev–Trinajstić information content (AvgIpc) is 3.05. The first-order chi connectivity index (χ1) is 8.84. The van der Waals surface area contributed by atoms with Crippen LogP contribution in [0, 0.1) is 0 Å². The second kappa shape index (κ2) is 4.92. The first-order valence-corrected chi connectivity index (χ1v) is 7.31. The summed E-state index contributed by atoms with van der Waals surface area (Å²) in [5.74, 6) is -0.738. The zero-order chi connectivity index (χ0) is 14.1. The highest BCUT2D eigenvalue weighted by molar-refractivity contribution is 7.85. The van der Waals surface area contributed by atoms with Crippen LogP contribution < -0.4 is 5.73 Å². The maximum Gasteiger partial charge on any atom is 0.337 e. The van der Waals surface area contributed by atoms with Crippen LogP contribution in [0.1, 0.15) is 28.8 Å². The highest BCUT2D eigenvalue weighted by Gasteiger charge is 2.44. The van der Waals surface area contributed by atoms with Crippen LogP contribution in [-0.4, -0.2) is 27.2 Å². The van der Waals surface area contributed by atoms with Crippen LogP contribution in [0.2, 0.25) is 0 Å². The Bertz CT molecular complexity index is 575. The molecule has 0 aromatic heterocycles. The molecule has 0 spiro atoms. The van der Waals surface area contributed by atoms with E-state index in [1.54, 1.807) is 12.1 Å². The van der Waals surface area contributed by atoms with Crippen molar-refractivity contribution in [2.75, 3.05) is 7.11 Å². The number of benzene rings is 1. The molecule has 0 heterocycles. The van der Waals surface area contributed by atoms with Gasteiger partial charge in [0, 0.05) is 0 Å². The van der Waals surface area contributed by atoms with Crippen LogP contribution >= 0.6 is 0 Å². The van der Waals surface area contributed by atoms with Gasteiger partial charge in [-0.3, -0.25) is 0 Å². The summed E-state index contributed by atoms with van der Waals surface area (Å²) in [7, 11) is -2.43. The van der Waals surface area contributed by atoms with Crippen LogP contribution in [0.15, 0.2) is 24.3 Å². The van der Waals surface area contributed by atoms with E-state index in [1.807, 2.05) is 0 Å². The zero-order valence-electron chi connectivity index (χ0n) is 10.5. The Balaban J connectivity index is 2.05. The number of hydrogen-bond donors (Lipinski definition) is 1. The minimum absolute atomic E-state index is 0.270. The second-order valence-electron chi connectivity index (χ2n) is 4.54. The van der Waals surface area contributed by atoms with Gasteiger partial charge in [-0.1, -0.05) is 12.1 Å². The van der Waals surface area contributed by atoms with Crippen molar-refractivity contribution in [2.45, 2.75) is 24.3 Å². The summed E-state index contributed by atoms with van der Waals surface area (Å²) in [6.07, 6.45) is 1.10. The molecule has 1 aromatic carbocycles. The molecular weight excluding hydrogens is 270 g/mol. The fourth-order valence-electron chi connectivity index (χ4n) is 1.55. The smallest absolute Gasteiger partial charge is 0.337 e. The van der Waals surface area contributed by atoms with E-state index in [0.717, 1.165) is 0 Å². The molecule has 7 heteroatoms. The molecule has 1 aliphatic rings. The van der Waals surface area contributed by atoms with Gasteiger partial charge in [0.15, 0.2) is 0 Å². The minimum atomic E-state index is -3.71. The number of methoxy groups -OCH3 is 1. The lowest BCUT2D eigenvalue weighted by Gasteiger charge is -2.10. The third kappa shape index (κ3) is 3.76. The maximum absolute atomic E-state index is 11.7. The quantitative estimate of drug-likeness (QED) is 0.487. The van der Waals surface area contributed by atoms with E-state index in [4.69, 9.17) is 9.92 Å². The van der Waals surface area contributed by atoms with Gasteiger partial charge in [0.2, 0.25) is 0 Å². The predicted octanol–water partition coefficient (Wildman–Crippen LogP) is 0.768. The molecule has 0 atom stereocenters. The number of rotatable bonds is 5. The van der Waals surface area contributed by atoms with Crippen LogP contribution in [0.4, 0.5) is 0 Å². The fraction of sp³-hybridized carbons (Fsp3) is 0.417. The summed E-state index contributed by atoms with van der Waals surface area (Å²) < 4.78 is 32.9. The van der Waals surface area contributed by atoms with E-state index in [1.165, 1.54) is 19.2 Å². The van der Waals surface area contributed by atoms with Crippen LogP contribution in [-0.2, 0) is 24.8 Å². The van der Waals surface area contributed by atoms with Crippen molar-refractivity contribution >= 4 is 16.1 Å². The topological polar surface area (TPSA) is 95.7 Å². The third-order valence-corrected chi connectivity index (χ3v) is 4.03. The monoisotopic (exact) mass is 285 g/mol. The summed E-state index contributed by atoms with van der Waals surface area (Å²) in [5, 5.41) is 0. The first kappa shape index (κ1) is 14.0. The Kier molecular flexibility index (Phi) is 3.62. The largest absolute Gasteiger partial charge is 0.465 e. The van der Waals surface area contributed by atoms with Crippen LogP contribution in [0.3, 0.4) is 0 Å². The molecule has 0 bridgehead atoms. The summed E-state index contributed by atoms with van der Waals surface area (Å²) in [4.78, 5) is 11.2. The lowest BCUT2D eigenvalue weighted by Crippen LogP contribution is -2.29. The van der Waals surface area contributed by atoms with Gasteiger partial charge in [0.1, 0.15) is 11.5 Å². The van der Waals surface area contributed by atoms with Crippen molar-refractivity contribution in [3.8, 4) is 0 Å². The number of ether oxygens (including phenoxy) is 1. The molecule has 2 N–H and O–H groups in total. The summed E-state index contributed by atoms with van der Waals surface area (Å²) in [6, 6.07) is 6.10. The fourth-order valence-corrected chi connectivity index (χ4v) is 2.88. The van der Waals surface area contributed by atoms with Gasteiger partial charge in [-0.2, -0.15) is 8.42 Å². The minimum Gasteiger partial charge on any atom is -0.465 e. The number of nitrogens with two attached hydrogens (primary N) is 1. The molecule has 1 aliphatic carbocycles. The molecule has 0 aliphatic heterocycles. The zero-order valence-corrected chi connectivity index (χ0v) is 11.3. The van der Waals surface area contributed by atoms with Crippen LogP contribution in [0.25, 0.3) is 0 Å². The Labute approximate surface area is 111 Å². The van der Waals surface area contributed by atoms with Crippen molar-refractivity contribution in [3.05, 3.63) is 35.4 Å². The molecule has 1 fully saturated rings. The second-order valence-corrected chi connectivity index (χ2v) is 6.11. The van der Waals surface area contributed by atoms with Crippen molar-refractivity contribution < 1.29 is 22.1 Å². The van der Waals surface area contributed by atoms with Crippen molar-refractivity contribution in [2.24, 2.45) is 5.73 Å². The molecule has 0 amide bonds. The van der Waals surface area contributed by atoms with Gasteiger partial charge in [-0.25, -0.2) is 8.98 Å². The molecule has 19 heavy (non-hydrogen) atoms. The van der Waals surface area contributed by atoms with Crippen molar-refractivity contribution in [1.29, 1.82) is 0 Å². The summed E-state index contributed by atoms with van der Waals surface area (Å²) in [5.41, 5.74) is 5.48. The molecule has 1 aromatic rings. The summed E-state index contributed by atoms with van der Waals surface area (Å²) in [6.45, 7) is 0. The van der Waals surface area contributed by atoms with E-state index in [0.29, 0.717) is 24.0 Å².